The molecular formula is C14H16FN3O2S. The second-order valence-corrected chi connectivity index (χ2v) is 6.17. The van der Waals surface area contributed by atoms with Gasteiger partial charge in [0.2, 0.25) is 10.0 Å². The molecule has 0 radical (unpaired) electrons. The second-order valence-electron chi connectivity index (χ2n) is 4.49. The summed E-state index contributed by atoms with van der Waals surface area (Å²) in [5.41, 5.74) is 0.717. The van der Waals surface area contributed by atoms with E-state index in [-0.39, 0.29) is 10.5 Å². The van der Waals surface area contributed by atoms with Gasteiger partial charge in [0.1, 0.15) is 10.7 Å². The van der Waals surface area contributed by atoms with E-state index in [0.717, 1.165) is 0 Å². The summed E-state index contributed by atoms with van der Waals surface area (Å²) in [6, 6.07) is 6.92. The number of rotatable bonds is 5. The number of benzene rings is 1. The lowest BCUT2D eigenvalue weighted by Gasteiger charge is -2.16. The minimum absolute atomic E-state index is 0.0238. The molecule has 0 aliphatic carbocycles. The number of nitrogens with zero attached hydrogens (tertiary/aromatic N) is 1. The molecular weight excluding hydrogens is 293 g/mol. The van der Waals surface area contributed by atoms with Crippen molar-refractivity contribution in [3.63, 3.8) is 0 Å². The third-order valence-electron chi connectivity index (χ3n) is 3.05. The van der Waals surface area contributed by atoms with Crippen LogP contribution in [0.5, 0.6) is 0 Å². The minimum Gasteiger partial charge on any atom is -0.387 e. The van der Waals surface area contributed by atoms with Crippen molar-refractivity contribution in [1.82, 2.24) is 9.71 Å². The highest BCUT2D eigenvalue weighted by Crippen LogP contribution is 2.23. The summed E-state index contributed by atoms with van der Waals surface area (Å²) in [4.78, 5) is 3.85. The Bertz CT molecular complexity index is 735. The maximum absolute atomic E-state index is 13.7. The molecule has 21 heavy (non-hydrogen) atoms. The van der Waals surface area contributed by atoms with Gasteiger partial charge in [-0.1, -0.05) is 18.2 Å². The van der Waals surface area contributed by atoms with Crippen LogP contribution in [-0.2, 0) is 10.0 Å². The van der Waals surface area contributed by atoms with E-state index in [0.29, 0.717) is 5.69 Å². The summed E-state index contributed by atoms with van der Waals surface area (Å²) >= 11 is 0. The van der Waals surface area contributed by atoms with Crippen molar-refractivity contribution in [3.8, 4) is 0 Å². The number of nitrogens with one attached hydrogen (secondary N) is 2. The molecule has 1 atom stereocenters. The van der Waals surface area contributed by atoms with Crippen molar-refractivity contribution in [1.29, 1.82) is 0 Å². The van der Waals surface area contributed by atoms with Gasteiger partial charge in [-0.15, -0.1) is 0 Å². The number of aromatic nitrogens is 1. The van der Waals surface area contributed by atoms with E-state index in [1.54, 1.807) is 38.2 Å². The summed E-state index contributed by atoms with van der Waals surface area (Å²) in [6.07, 6.45) is 2.74. The highest BCUT2D eigenvalue weighted by Gasteiger charge is 2.22. The molecule has 0 spiro atoms. The van der Waals surface area contributed by atoms with Crippen LogP contribution < -0.4 is 10.0 Å². The van der Waals surface area contributed by atoms with E-state index in [4.69, 9.17) is 0 Å². The first-order valence-corrected chi connectivity index (χ1v) is 7.82. The van der Waals surface area contributed by atoms with E-state index in [9.17, 15) is 12.8 Å². The molecule has 5 nitrogen and oxygen atoms in total. The summed E-state index contributed by atoms with van der Waals surface area (Å²) < 4.78 is 40.9. The van der Waals surface area contributed by atoms with Crippen LogP contribution in [0.2, 0.25) is 0 Å². The molecule has 1 aromatic heterocycles. The van der Waals surface area contributed by atoms with Crippen molar-refractivity contribution in [2.45, 2.75) is 17.9 Å². The second kappa shape index (κ2) is 6.19. The summed E-state index contributed by atoms with van der Waals surface area (Å²) in [5.74, 6) is -0.451. The predicted octanol–water partition coefficient (Wildman–Crippen LogP) is 2.30. The monoisotopic (exact) mass is 309 g/mol. The van der Waals surface area contributed by atoms with E-state index in [1.165, 1.54) is 18.5 Å². The van der Waals surface area contributed by atoms with E-state index >= 15 is 0 Å². The van der Waals surface area contributed by atoms with Gasteiger partial charge in [0.15, 0.2) is 0 Å². The third kappa shape index (κ3) is 3.37. The van der Waals surface area contributed by atoms with Gasteiger partial charge in [0, 0.05) is 31.0 Å². The molecule has 0 amide bonds. The highest BCUT2D eigenvalue weighted by molar-refractivity contribution is 7.89. The number of hydrogen-bond donors (Lipinski definition) is 2. The molecule has 0 aliphatic rings. The fourth-order valence-corrected chi connectivity index (χ4v) is 3.37. The Balaban J connectivity index is 2.32. The lowest BCUT2D eigenvalue weighted by molar-refractivity contribution is 0.550. The molecule has 1 aromatic carbocycles. The largest absolute Gasteiger partial charge is 0.387 e. The van der Waals surface area contributed by atoms with Crippen LogP contribution in [0.15, 0.2) is 47.6 Å². The molecule has 7 heteroatoms. The molecule has 1 heterocycles. The SMILES string of the molecule is CNc1ccncc1S(=O)(=O)NC(C)c1ccccc1F. The maximum Gasteiger partial charge on any atom is 0.244 e. The molecule has 0 fully saturated rings. The first kappa shape index (κ1) is 15.4. The molecule has 2 rings (SSSR count). The van der Waals surface area contributed by atoms with Crippen molar-refractivity contribution >= 4 is 15.7 Å². The lowest BCUT2D eigenvalue weighted by atomic mass is 10.1. The Morgan fingerprint density at radius 1 is 1.24 bits per heavy atom. The number of pyridine rings is 1. The van der Waals surface area contributed by atoms with Gasteiger partial charge in [-0.05, 0) is 19.1 Å². The summed E-state index contributed by atoms with van der Waals surface area (Å²) in [5, 5.41) is 2.79. The topological polar surface area (TPSA) is 71.1 Å². The van der Waals surface area contributed by atoms with Gasteiger partial charge in [0.25, 0.3) is 0 Å². The standard InChI is InChI=1S/C14H16FN3O2S/c1-10(11-5-3-4-6-12(11)15)18-21(19,20)14-9-17-8-7-13(14)16-2/h3-10,18H,1-2H3,(H,16,17). The Morgan fingerprint density at radius 3 is 2.62 bits per heavy atom. The van der Waals surface area contributed by atoms with Gasteiger partial charge >= 0.3 is 0 Å². The molecule has 0 saturated carbocycles. The molecule has 1 unspecified atom stereocenters. The molecule has 0 bridgehead atoms. The summed E-state index contributed by atoms with van der Waals surface area (Å²) in [7, 11) is -2.19. The van der Waals surface area contributed by atoms with Crippen molar-refractivity contribution < 1.29 is 12.8 Å². The van der Waals surface area contributed by atoms with E-state index in [1.807, 2.05) is 0 Å². The van der Waals surface area contributed by atoms with Gasteiger partial charge in [-0.3, -0.25) is 4.98 Å². The smallest absolute Gasteiger partial charge is 0.244 e. The lowest BCUT2D eigenvalue weighted by Crippen LogP contribution is -2.28. The van der Waals surface area contributed by atoms with Crippen LogP contribution in [0, 0.1) is 5.82 Å². The van der Waals surface area contributed by atoms with Crippen LogP contribution >= 0.6 is 0 Å². The average Bonchev–Trinajstić information content (AvgIpc) is 2.47. The number of halogens is 1. The molecule has 2 N–H and O–H groups in total. The van der Waals surface area contributed by atoms with Crippen molar-refractivity contribution in [3.05, 3.63) is 54.1 Å². The average molecular weight is 309 g/mol. The highest BCUT2D eigenvalue weighted by atomic mass is 32.2. The zero-order valence-corrected chi connectivity index (χ0v) is 12.5. The minimum atomic E-state index is -3.81. The fraction of sp³-hybridized carbons (Fsp3) is 0.214. The predicted molar refractivity (Wildman–Crippen MR) is 78.9 cm³/mol. The van der Waals surface area contributed by atoms with Crippen LogP contribution in [0.4, 0.5) is 10.1 Å². The van der Waals surface area contributed by atoms with Gasteiger partial charge in [-0.25, -0.2) is 17.5 Å². The number of hydrogen-bond acceptors (Lipinski definition) is 4. The first-order chi connectivity index (χ1) is 9.95. The quantitative estimate of drug-likeness (QED) is 0.889. The van der Waals surface area contributed by atoms with Crippen LogP contribution in [-0.4, -0.2) is 20.4 Å². The van der Waals surface area contributed by atoms with Gasteiger partial charge < -0.3 is 5.32 Å². The van der Waals surface area contributed by atoms with Crippen molar-refractivity contribution in [2.75, 3.05) is 12.4 Å². The zero-order valence-electron chi connectivity index (χ0n) is 11.7. The van der Waals surface area contributed by atoms with Crippen LogP contribution in [0.1, 0.15) is 18.5 Å². The molecule has 2 aromatic rings. The van der Waals surface area contributed by atoms with E-state index < -0.39 is 21.9 Å². The number of anilines is 1. The summed E-state index contributed by atoms with van der Waals surface area (Å²) in [6.45, 7) is 1.59. The van der Waals surface area contributed by atoms with Crippen LogP contribution in [0.25, 0.3) is 0 Å². The molecule has 0 aliphatic heterocycles. The number of sulfonamides is 1. The Kier molecular flexibility index (Phi) is 4.54. The molecule has 112 valence electrons. The first-order valence-electron chi connectivity index (χ1n) is 6.34. The Labute approximate surface area is 123 Å². The maximum atomic E-state index is 13.7. The van der Waals surface area contributed by atoms with E-state index in [2.05, 4.69) is 15.0 Å². The van der Waals surface area contributed by atoms with Gasteiger partial charge in [-0.2, -0.15) is 0 Å². The normalized spacial score (nSPS) is 12.9. The molecule has 0 saturated heterocycles. The van der Waals surface area contributed by atoms with Crippen LogP contribution in [0.3, 0.4) is 0 Å². The van der Waals surface area contributed by atoms with Crippen molar-refractivity contribution in [2.24, 2.45) is 0 Å². The Morgan fingerprint density at radius 2 is 1.95 bits per heavy atom. The fourth-order valence-electron chi connectivity index (χ4n) is 1.99. The zero-order chi connectivity index (χ0) is 15.5. The third-order valence-corrected chi connectivity index (χ3v) is 4.62. The Hall–Kier alpha value is -1.99. The van der Waals surface area contributed by atoms with Gasteiger partial charge in [0.05, 0.1) is 5.69 Å².